The van der Waals surface area contributed by atoms with Gasteiger partial charge in [-0.1, -0.05) is 19.8 Å². The maximum atomic E-state index is 12.3. The van der Waals surface area contributed by atoms with Crippen LogP contribution in [0.15, 0.2) is 24.3 Å². The van der Waals surface area contributed by atoms with Crippen LogP contribution in [-0.4, -0.2) is 28.6 Å². The lowest BCUT2D eigenvalue weighted by atomic mass is 10.1. The molecule has 144 valence electrons. The number of rotatable bonds is 8. The van der Waals surface area contributed by atoms with Crippen LogP contribution in [0.4, 0.5) is 10.5 Å². The van der Waals surface area contributed by atoms with Crippen LogP contribution in [0.5, 0.6) is 0 Å². The van der Waals surface area contributed by atoms with E-state index in [0.29, 0.717) is 12.0 Å². The van der Waals surface area contributed by atoms with Crippen LogP contribution < -0.4 is 5.32 Å². The fraction of sp³-hybridized carbons (Fsp3) is 0.556. The molecule has 0 saturated heterocycles. The van der Waals surface area contributed by atoms with Crippen LogP contribution in [0.1, 0.15) is 52.5 Å². The standard InChI is InChI=1S/C18H26N2O6/c1-5-6-7-15(19-17(22)26-18(2,3)4)16(21)25-12-13-8-10-14(11-9-13)20(23)24/h8-11,15H,5-7,12H2,1-4H3,(H,19,22). The molecule has 0 aliphatic heterocycles. The average molecular weight is 366 g/mol. The average Bonchev–Trinajstić information content (AvgIpc) is 2.55. The highest BCUT2D eigenvalue weighted by atomic mass is 16.6. The first-order chi connectivity index (χ1) is 12.1. The molecular weight excluding hydrogens is 340 g/mol. The number of hydrogen-bond acceptors (Lipinski definition) is 6. The Kier molecular flexibility index (Phi) is 8.02. The van der Waals surface area contributed by atoms with Crippen molar-refractivity contribution in [3.63, 3.8) is 0 Å². The van der Waals surface area contributed by atoms with Crippen molar-refractivity contribution in [3.8, 4) is 0 Å². The number of unbranched alkanes of at least 4 members (excludes halogenated alkanes) is 1. The van der Waals surface area contributed by atoms with E-state index in [4.69, 9.17) is 9.47 Å². The number of carbonyl (C=O) groups is 2. The summed E-state index contributed by atoms with van der Waals surface area (Å²) in [5, 5.41) is 13.2. The van der Waals surface area contributed by atoms with Crippen molar-refractivity contribution in [2.24, 2.45) is 0 Å². The van der Waals surface area contributed by atoms with Crippen LogP contribution in [-0.2, 0) is 20.9 Å². The molecule has 0 bridgehead atoms. The molecule has 0 aliphatic carbocycles. The van der Waals surface area contributed by atoms with Gasteiger partial charge < -0.3 is 14.8 Å². The number of ether oxygens (including phenoxy) is 2. The van der Waals surface area contributed by atoms with Gasteiger partial charge in [-0.25, -0.2) is 9.59 Å². The van der Waals surface area contributed by atoms with E-state index >= 15 is 0 Å². The van der Waals surface area contributed by atoms with Crippen molar-refractivity contribution in [3.05, 3.63) is 39.9 Å². The summed E-state index contributed by atoms with van der Waals surface area (Å²) in [6.45, 7) is 7.16. The molecule has 1 atom stereocenters. The number of benzene rings is 1. The minimum Gasteiger partial charge on any atom is -0.459 e. The van der Waals surface area contributed by atoms with Crippen molar-refractivity contribution in [2.75, 3.05) is 0 Å². The van der Waals surface area contributed by atoms with Gasteiger partial charge in [0.15, 0.2) is 0 Å². The summed E-state index contributed by atoms with van der Waals surface area (Å²) in [5.74, 6) is -0.567. The molecule has 1 unspecified atom stereocenters. The lowest BCUT2D eigenvalue weighted by Crippen LogP contribution is -2.44. The van der Waals surface area contributed by atoms with E-state index in [0.717, 1.165) is 12.8 Å². The first-order valence-electron chi connectivity index (χ1n) is 8.52. The van der Waals surface area contributed by atoms with E-state index in [-0.39, 0.29) is 12.3 Å². The SMILES string of the molecule is CCCCC(NC(=O)OC(C)(C)C)C(=O)OCc1ccc([N+](=O)[O-])cc1. The molecule has 8 heteroatoms. The summed E-state index contributed by atoms with van der Waals surface area (Å²) < 4.78 is 10.4. The Morgan fingerprint density at radius 3 is 2.35 bits per heavy atom. The lowest BCUT2D eigenvalue weighted by molar-refractivity contribution is -0.384. The quantitative estimate of drug-likeness (QED) is 0.427. The number of amides is 1. The summed E-state index contributed by atoms with van der Waals surface area (Å²) in [5.41, 5.74) is -0.0786. The number of nitrogens with one attached hydrogen (secondary N) is 1. The second kappa shape index (κ2) is 9.74. The fourth-order valence-corrected chi connectivity index (χ4v) is 2.08. The van der Waals surface area contributed by atoms with Crippen molar-refractivity contribution < 1.29 is 24.0 Å². The summed E-state index contributed by atoms with van der Waals surface area (Å²) in [4.78, 5) is 34.3. The van der Waals surface area contributed by atoms with Crippen LogP contribution in [0.3, 0.4) is 0 Å². The van der Waals surface area contributed by atoms with Gasteiger partial charge in [0.25, 0.3) is 5.69 Å². The molecule has 0 fully saturated rings. The van der Waals surface area contributed by atoms with Crippen LogP contribution in [0.2, 0.25) is 0 Å². The van der Waals surface area contributed by atoms with Gasteiger partial charge in [-0.15, -0.1) is 0 Å². The Hall–Kier alpha value is -2.64. The molecule has 0 spiro atoms. The Balaban J connectivity index is 2.64. The fourth-order valence-electron chi connectivity index (χ4n) is 2.08. The zero-order valence-electron chi connectivity index (χ0n) is 15.6. The van der Waals surface area contributed by atoms with Gasteiger partial charge in [-0.2, -0.15) is 0 Å². The summed E-state index contributed by atoms with van der Waals surface area (Å²) >= 11 is 0. The van der Waals surface area contributed by atoms with Crippen LogP contribution >= 0.6 is 0 Å². The van der Waals surface area contributed by atoms with Crippen molar-refractivity contribution in [1.82, 2.24) is 5.32 Å². The van der Waals surface area contributed by atoms with Crippen molar-refractivity contribution >= 4 is 17.7 Å². The molecule has 26 heavy (non-hydrogen) atoms. The minimum absolute atomic E-state index is 0.0323. The van der Waals surface area contributed by atoms with E-state index in [9.17, 15) is 19.7 Å². The lowest BCUT2D eigenvalue weighted by Gasteiger charge is -2.23. The zero-order valence-corrected chi connectivity index (χ0v) is 15.6. The third kappa shape index (κ3) is 7.96. The highest BCUT2D eigenvalue weighted by Gasteiger charge is 2.25. The second-order valence-corrected chi connectivity index (χ2v) is 6.87. The number of hydrogen-bond donors (Lipinski definition) is 1. The number of nitrogens with zero attached hydrogens (tertiary/aromatic N) is 1. The van der Waals surface area contributed by atoms with Gasteiger partial charge in [0, 0.05) is 12.1 Å². The van der Waals surface area contributed by atoms with E-state index in [1.807, 2.05) is 6.92 Å². The number of alkyl carbamates (subject to hydrolysis) is 1. The highest BCUT2D eigenvalue weighted by Crippen LogP contribution is 2.14. The smallest absolute Gasteiger partial charge is 0.408 e. The van der Waals surface area contributed by atoms with Gasteiger partial charge in [0.2, 0.25) is 0 Å². The Morgan fingerprint density at radius 1 is 1.23 bits per heavy atom. The van der Waals surface area contributed by atoms with Gasteiger partial charge >= 0.3 is 12.1 Å². The van der Waals surface area contributed by atoms with E-state index in [1.54, 1.807) is 20.8 Å². The molecular formula is C18H26N2O6. The normalized spacial score (nSPS) is 12.2. The first kappa shape index (κ1) is 21.4. The van der Waals surface area contributed by atoms with Gasteiger partial charge in [0.05, 0.1) is 4.92 Å². The van der Waals surface area contributed by atoms with E-state index in [1.165, 1.54) is 24.3 Å². The number of nitro benzene ring substituents is 1. The predicted molar refractivity (Wildman–Crippen MR) is 95.6 cm³/mol. The molecule has 1 aromatic carbocycles. The molecule has 0 heterocycles. The maximum Gasteiger partial charge on any atom is 0.408 e. The Bertz CT molecular complexity index is 622. The van der Waals surface area contributed by atoms with Gasteiger partial charge in [-0.05, 0) is 44.9 Å². The molecule has 1 N–H and O–H groups in total. The Morgan fingerprint density at radius 2 is 1.85 bits per heavy atom. The van der Waals surface area contributed by atoms with E-state index in [2.05, 4.69) is 5.32 Å². The van der Waals surface area contributed by atoms with Crippen molar-refractivity contribution in [1.29, 1.82) is 0 Å². The van der Waals surface area contributed by atoms with Gasteiger partial charge in [0.1, 0.15) is 18.2 Å². The number of esters is 1. The third-order valence-corrected chi connectivity index (χ3v) is 3.35. The highest BCUT2D eigenvalue weighted by molar-refractivity contribution is 5.81. The number of carbonyl (C=O) groups excluding carboxylic acids is 2. The zero-order chi connectivity index (χ0) is 19.7. The van der Waals surface area contributed by atoms with Crippen LogP contribution in [0.25, 0.3) is 0 Å². The Labute approximate surface area is 153 Å². The molecule has 8 nitrogen and oxygen atoms in total. The third-order valence-electron chi connectivity index (χ3n) is 3.35. The minimum atomic E-state index is -0.803. The largest absolute Gasteiger partial charge is 0.459 e. The first-order valence-corrected chi connectivity index (χ1v) is 8.52. The number of nitro groups is 1. The van der Waals surface area contributed by atoms with Gasteiger partial charge in [-0.3, -0.25) is 10.1 Å². The molecule has 1 amide bonds. The summed E-state index contributed by atoms with van der Waals surface area (Å²) in [6, 6.07) is 4.93. The molecule has 0 saturated carbocycles. The van der Waals surface area contributed by atoms with Crippen molar-refractivity contribution in [2.45, 2.75) is 65.2 Å². The predicted octanol–water partition coefficient (Wildman–Crippen LogP) is 3.72. The molecule has 1 rings (SSSR count). The van der Waals surface area contributed by atoms with Crippen LogP contribution in [0, 0.1) is 10.1 Å². The topological polar surface area (TPSA) is 108 Å². The molecule has 0 aliphatic rings. The molecule has 1 aromatic rings. The summed E-state index contributed by atoms with van der Waals surface area (Å²) in [6.07, 6.45) is 1.37. The monoisotopic (exact) mass is 366 g/mol. The number of non-ortho nitro benzene ring substituents is 1. The molecule has 0 aromatic heterocycles. The maximum absolute atomic E-state index is 12.3. The molecule has 0 radical (unpaired) electrons. The van der Waals surface area contributed by atoms with E-state index < -0.39 is 28.6 Å². The second-order valence-electron chi connectivity index (χ2n) is 6.87. The summed E-state index contributed by atoms with van der Waals surface area (Å²) in [7, 11) is 0.